The minimum absolute atomic E-state index is 0.216. The quantitative estimate of drug-likeness (QED) is 0.795. The molecule has 0 spiro atoms. The fourth-order valence-corrected chi connectivity index (χ4v) is 3.54. The van der Waals surface area contributed by atoms with Crippen LogP contribution in [0.1, 0.15) is 42.2 Å². The van der Waals surface area contributed by atoms with Crippen molar-refractivity contribution >= 4 is 5.91 Å². The van der Waals surface area contributed by atoms with Crippen LogP contribution in [0.3, 0.4) is 0 Å². The van der Waals surface area contributed by atoms with Crippen LogP contribution in [0.15, 0.2) is 30.3 Å². The zero-order valence-corrected chi connectivity index (χ0v) is 17.6. The van der Waals surface area contributed by atoms with Gasteiger partial charge in [0.25, 0.3) is 5.91 Å². The molecule has 2 aromatic rings. The zero-order valence-electron chi connectivity index (χ0n) is 17.6. The highest BCUT2D eigenvalue weighted by Crippen LogP contribution is 2.42. The van der Waals surface area contributed by atoms with Gasteiger partial charge in [-0.25, -0.2) is 0 Å². The Balaban J connectivity index is 1.93. The van der Waals surface area contributed by atoms with Gasteiger partial charge in [0.05, 0.1) is 34.5 Å². The molecule has 0 aromatic heterocycles. The first-order valence-corrected chi connectivity index (χ1v) is 9.29. The minimum atomic E-state index is -0.438. The second-order valence-corrected chi connectivity index (χ2v) is 7.41. The van der Waals surface area contributed by atoms with E-state index in [9.17, 15) is 4.79 Å². The summed E-state index contributed by atoms with van der Waals surface area (Å²) in [5, 5.41) is 3.11. The number of rotatable bonds is 6. The molecule has 2 aromatic carbocycles. The molecular weight excluding hydrogens is 374 g/mol. The number of carbonyl (C=O) groups is 1. The van der Waals surface area contributed by atoms with Crippen molar-refractivity contribution in [2.24, 2.45) is 0 Å². The van der Waals surface area contributed by atoms with Crippen LogP contribution in [0, 0.1) is 0 Å². The fourth-order valence-electron chi connectivity index (χ4n) is 3.54. The van der Waals surface area contributed by atoms with Gasteiger partial charge in [-0.2, -0.15) is 0 Å². The molecular formula is C22H27NO6. The van der Waals surface area contributed by atoms with Crippen molar-refractivity contribution in [3.8, 4) is 28.7 Å². The smallest absolute Gasteiger partial charge is 0.252 e. The molecule has 1 atom stereocenters. The molecule has 1 heterocycles. The van der Waals surface area contributed by atoms with Gasteiger partial charge in [0.15, 0.2) is 11.5 Å². The summed E-state index contributed by atoms with van der Waals surface area (Å²) < 4.78 is 27.4. The van der Waals surface area contributed by atoms with Gasteiger partial charge >= 0.3 is 0 Å². The Morgan fingerprint density at radius 2 is 1.66 bits per heavy atom. The summed E-state index contributed by atoms with van der Waals surface area (Å²) in [5.74, 6) is 2.46. The first kappa shape index (κ1) is 20.6. The van der Waals surface area contributed by atoms with E-state index in [1.807, 2.05) is 32.0 Å². The molecule has 156 valence electrons. The molecule has 1 amide bonds. The summed E-state index contributed by atoms with van der Waals surface area (Å²) in [6, 6.07) is 8.68. The topological polar surface area (TPSA) is 75.3 Å². The molecule has 0 radical (unpaired) electrons. The van der Waals surface area contributed by atoms with Crippen molar-refractivity contribution in [3.63, 3.8) is 0 Å². The van der Waals surface area contributed by atoms with Gasteiger partial charge in [0.1, 0.15) is 17.1 Å². The van der Waals surface area contributed by atoms with Gasteiger partial charge in [0, 0.05) is 23.6 Å². The highest BCUT2D eigenvalue weighted by atomic mass is 16.5. The molecule has 0 fully saturated rings. The number of methoxy groups -OCH3 is 4. The van der Waals surface area contributed by atoms with Gasteiger partial charge in [-0.3, -0.25) is 4.79 Å². The lowest BCUT2D eigenvalue weighted by Crippen LogP contribution is -2.41. The molecule has 1 aliphatic rings. The van der Waals surface area contributed by atoms with E-state index in [4.69, 9.17) is 23.7 Å². The molecule has 1 N–H and O–H groups in total. The molecule has 7 heteroatoms. The maximum absolute atomic E-state index is 13.1. The van der Waals surface area contributed by atoms with Gasteiger partial charge < -0.3 is 29.0 Å². The lowest BCUT2D eigenvalue weighted by atomic mass is 9.89. The molecule has 7 nitrogen and oxygen atoms in total. The molecule has 3 rings (SSSR count). The van der Waals surface area contributed by atoms with E-state index in [1.54, 1.807) is 19.2 Å². The lowest BCUT2D eigenvalue weighted by molar-refractivity contribution is 0.0617. The third-order valence-corrected chi connectivity index (χ3v) is 4.91. The molecule has 29 heavy (non-hydrogen) atoms. The highest BCUT2D eigenvalue weighted by Gasteiger charge is 2.35. The average Bonchev–Trinajstić information content (AvgIpc) is 2.70. The van der Waals surface area contributed by atoms with Crippen LogP contribution in [-0.2, 0) is 0 Å². The van der Waals surface area contributed by atoms with E-state index in [0.29, 0.717) is 40.7 Å². The van der Waals surface area contributed by atoms with Crippen molar-refractivity contribution in [1.29, 1.82) is 0 Å². The van der Waals surface area contributed by atoms with Crippen LogP contribution in [0.2, 0.25) is 0 Å². The molecule has 1 aliphatic heterocycles. The summed E-state index contributed by atoms with van der Waals surface area (Å²) in [4.78, 5) is 13.1. The Morgan fingerprint density at radius 1 is 1.00 bits per heavy atom. The number of fused-ring (bicyclic) bond motifs is 1. The summed E-state index contributed by atoms with van der Waals surface area (Å²) in [5.41, 5.74) is 0.886. The number of nitrogens with one attached hydrogen (secondary N) is 1. The number of ether oxygens (including phenoxy) is 5. The molecule has 0 unspecified atom stereocenters. The van der Waals surface area contributed by atoms with Crippen molar-refractivity contribution in [2.45, 2.75) is 31.9 Å². The lowest BCUT2D eigenvalue weighted by Gasteiger charge is -2.38. The SMILES string of the molecule is COc1ccc2c(c1)OC(C)(C)C[C@H]2NC(=O)c1cc(OC)c(OC)c(OC)c1. The Bertz CT molecular complexity index is 883. The van der Waals surface area contributed by atoms with E-state index in [-0.39, 0.29) is 11.9 Å². The number of hydrogen-bond acceptors (Lipinski definition) is 6. The second kappa shape index (κ2) is 8.11. The van der Waals surface area contributed by atoms with Crippen molar-refractivity contribution in [2.75, 3.05) is 28.4 Å². The number of carbonyl (C=O) groups excluding carboxylic acids is 1. The predicted molar refractivity (Wildman–Crippen MR) is 109 cm³/mol. The third-order valence-electron chi connectivity index (χ3n) is 4.91. The van der Waals surface area contributed by atoms with Crippen LogP contribution in [0.25, 0.3) is 0 Å². The van der Waals surface area contributed by atoms with Crippen molar-refractivity contribution in [1.82, 2.24) is 5.32 Å². The zero-order chi connectivity index (χ0) is 21.2. The Hall–Kier alpha value is -3.09. The van der Waals surface area contributed by atoms with E-state index < -0.39 is 5.60 Å². The van der Waals surface area contributed by atoms with Gasteiger partial charge in [-0.1, -0.05) is 0 Å². The normalized spacial score (nSPS) is 16.8. The van der Waals surface area contributed by atoms with Crippen LogP contribution in [0.5, 0.6) is 28.7 Å². The Labute approximate surface area is 170 Å². The second-order valence-electron chi connectivity index (χ2n) is 7.41. The molecule has 0 aliphatic carbocycles. The number of amides is 1. The van der Waals surface area contributed by atoms with E-state index in [0.717, 1.165) is 5.56 Å². The van der Waals surface area contributed by atoms with Crippen molar-refractivity contribution in [3.05, 3.63) is 41.5 Å². The fraction of sp³-hybridized carbons (Fsp3) is 0.409. The number of hydrogen-bond donors (Lipinski definition) is 1. The maximum Gasteiger partial charge on any atom is 0.252 e. The highest BCUT2D eigenvalue weighted by molar-refractivity contribution is 5.96. The Kier molecular flexibility index (Phi) is 5.77. The van der Waals surface area contributed by atoms with Crippen LogP contribution in [0.4, 0.5) is 0 Å². The van der Waals surface area contributed by atoms with Crippen molar-refractivity contribution < 1.29 is 28.5 Å². The third kappa shape index (κ3) is 4.18. The molecule has 0 saturated heterocycles. The van der Waals surface area contributed by atoms with Gasteiger partial charge in [0.2, 0.25) is 5.75 Å². The monoisotopic (exact) mass is 401 g/mol. The predicted octanol–water partition coefficient (Wildman–Crippen LogP) is 3.75. The summed E-state index contributed by atoms with van der Waals surface area (Å²) in [6.45, 7) is 3.99. The van der Waals surface area contributed by atoms with Crippen LogP contribution in [-0.4, -0.2) is 39.9 Å². The summed E-state index contributed by atoms with van der Waals surface area (Å²) in [7, 11) is 6.17. The summed E-state index contributed by atoms with van der Waals surface area (Å²) in [6.07, 6.45) is 0.627. The first-order valence-electron chi connectivity index (χ1n) is 9.29. The number of benzene rings is 2. The maximum atomic E-state index is 13.1. The van der Waals surface area contributed by atoms with Gasteiger partial charge in [-0.15, -0.1) is 0 Å². The Morgan fingerprint density at radius 3 is 2.21 bits per heavy atom. The van der Waals surface area contributed by atoms with E-state index >= 15 is 0 Å². The first-order chi connectivity index (χ1) is 13.8. The van der Waals surface area contributed by atoms with Crippen LogP contribution >= 0.6 is 0 Å². The minimum Gasteiger partial charge on any atom is -0.497 e. The standard InChI is InChI=1S/C22H27NO6/c1-22(2)12-16(15-8-7-14(25-3)11-17(15)29-22)23-21(24)13-9-18(26-4)20(28-6)19(10-13)27-5/h7-11,16H,12H2,1-6H3,(H,23,24)/t16-/m1/s1. The molecule has 0 saturated carbocycles. The van der Waals surface area contributed by atoms with E-state index in [2.05, 4.69) is 5.32 Å². The largest absolute Gasteiger partial charge is 0.497 e. The van der Waals surface area contributed by atoms with Gasteiger partial charge in [-0.05, 0) is 38.1 Å². The van der Waals surface area contributed by atoms with Crippen LogP contribution < -0.4 is 29.0 Å². The summed E-state index contributed by atoms with van der Waals surface area (Å²) >= 11 is 0. The van der Waals surface area contributed by atoms with E-state index in [1.165, 1.54) is 21.3 Å². The average molecular weight is 401 g/mol. The molecule has 0 bridgehead atoms.